The summed E-state index contributed by atoms with van der Waals surface area (Å²) in [6.45, 7) is 5.12. The summed E-state index contributed by atoms with van der Waals surface area (Å²) in [4.78, 5) is 21.3. The van der Waals surface area contributed by atoms with E-state index in [1.165, 1.54) is 16.7 Å². The number of nitrogens with zero attached hydrogens (tertiary/aromatic N) is 4. The second kappa shape index (κ2) is 7.74. The average Bonchev–Trinajstić information content (AvgIpc) is 3.40. The first kappa shape index (κ1) is 20.0. The fraction of sp³-hybridized carbons (Fsp3) is 0.259. The van der Waals surface area contributed by atoms with Crippen molar-refractivity contribution in [3.63, 3.8) is 0 Å². The Morgan fingerprint density at radius 1 is 1.00 bits per heavy atom. The molecule has 0 unspecified atom stereocenters. The molecular formula is C27H27N5O. The Bertz CT molecular complexity index is 1390. The maximum Gasteiger partial charge on any atom is 0.223 e. The van der Waals surface area contributed by atoms with Gasteiger partial charge >= 0.3 is 0 Å². The summed E-state index contributed by atoms with van der Waals surface area (Å²) in [6.07, 6.45) is 3.91. The number of imidazole rings is 1. The normalized spacial score (nSPS) is 15.6. The van der Waals surface area contributed by atoms with E-state index in [1.54, 1.807) is 6.92 Å². The molecule has 2 aromatic carbocycles. The fourth-order valence-electron chi connectivity index (χ4n) is 5.27. The summed E-state index contributed by atoms with van der Waals surface area (Å²) in [5.74, 6) is 0.0933. The third kappa shape index (κ3) is 3.47. The monoisotopic (exact) mass is 437 g/mol. The van der Waals surface area contributed by atoms with Crippen LogP contribution in [0.4, 0.5) is 11.4 Å². The van der Waals surface area contributed by atoms with Gasteiger partial charge in [-0.05, 0) is 53.8 Å². The molecule has 6 heteroatoms. The van der Waals surface area contributed by atoms with Gasteiger partial charge in [-0.2, -0.15) is 0 Å². The van der Waals surface area contributed by atoms with Crippen LogP contribution in [0.5, 0.6) is 0 Å². The van der Waals surface area contributed by atoms with Gasteiger partial charge in [-0.15, -0.1) is 0 Å². The first-order valence-corrected chi connectivity index (χ1v) is 11.5. The van der Waals surface area contributed by atoms with E-state index >= 15 is 0 Å². The Hall–Kier alpha value is -3.64. The highest BCUT2D eigenvalue weighted by molar-refractivity contribution is 5.94. The van der Waals surface area contributed by atoms with E-state index in [-0.39, 0.29) is 5.91 Å². The van der Waals surface area contributed by atoms with Gasteiger partial charge in [0.2, 0.25) is 5.91 Å². The molecule has 4 aromatic rings. The number of aromatic nitrogens is 2. The summed E-state index contributed by atoms with van der Waals surface area (Å²) >= 11 is 0. The maximum absolute atomic E-state index is 12.0. The third-order valence-electron chi connectivity index (χ3n) is 6.95. The lowest BCUT2D eigenvalue weighted by molar-refractivity contribution is -0.116. The molecule has 0 aliphatic carbocycles. The standard InChI is InChI=1S/C27H27N5O/c1-18(33)31-13-11-20-14-21(6-8-24(20)31)27-25(32-16-23(28)7-9-26(32)29-27)17-30-12-10-19-4-2-3-5-22(19)15-30/h2-9,14,16H,10-13,15,17,28H2,1H3. The Balaban J connectivity index is 1.41. The number of nitrogen functional groups attached to an aromatic ring is 1. The van der Waals surface area contributed by atoms with E-state index < -0.39 is 0 Å². The molecule has 0 spiro atoms. The van der Waals surface area contributed by atoms with Crippen molar-refractivity contribution < 1.29 is 4.79 Å². The number of pyridine rings is 1. The molecule has 0 fully saturated rings. The van der Waals surface area contributed by atoms with Gasteiger partial charge in [-0.25, -0.2) is 4.98 Å². The van der Waals surface area contributed by atoms with E-state index in [2.05, 4.69) is 51.8 Å². The van der Waals surface area contributed by atoms with Gasteiger partial charge in [0.15, 0.2) is 0 Å². The van der Waals surface area contributed by atoms with Crippen molar-refractivity contribution in [2.75, 3.05) is 23.7 Å². The zero-order valence-electron chi connectivity index (χ0n) is 18.8. The number of hydrogen-bond acceptors (Lipinski definition) is 4. The van der Waals surface area contributed by atoms with Gasteiger partial charge in [0.05, 0.1) is 11.4 Å². The minimum Gasteiger partial charge on any atom is -0.398 e. The second-order valence-electron chi connectivity index (χ2n) is 9.09. The molecule has 0 saturated heterocycles. The molecule has 0 bridgehead atoms. The van der Waals surface area contributed by atoms with Crippen LogP contribution >= 0.6 is 0 Å². The summed E-state index contributed by atoms with van der Waals surface area (Å²) in [7, 11) is 0. The van der Waals surface area contributed by atoms with Gasteiger partial charge < -0.3 is 15.0 Å². The minimum absolute atomic E-state index is 0.0933. The molecule has 0 saturated carbocycles. The van der Waals surface area contributed by atoms with Gasteiger partial charge in [0.25, 0.3) is 0 Å². The van der Waals surface area contributed by atoms with Crippen LogP contribution in [0.3, 0.4) is 0 Å². The molecule has 33 heavy (non-hydrogen) atoms. The Kier molecular flexibility index (Phi) is 4.69. The second-order valence-corrected chi connectivity index (χ2v) is 9.09. The van der Waals surface area contributed by atoms with Crippen LogP contribution < -0.4 is 10.6 Å². The number of benzene rings is 2. The number of amides is 1. The molecule has 4 heterocycles. The number of anilines is 2. The zero-order valence-corrected chi connectivity index (χ0v) is 18.8. The van der Waals surface area contributed by atoms with Crippen LogP contribution in [-0.2, 0) is 30.7 Å². The van der Waals surface area contributed by atoms with Gasteiger partial charge in [-0.1, -0.05) is 30.3 Å². The van der Waals surface area contributed by atoms with E-state index in [0.29, 0.717) is 0 Å². The average molecular weight is 438 g/mol. The maximum atomic E-state index is 12.0. The van der Waals surface area contributed by atoms with E-state index in [1.807, 2.05) is 23.2 Å². The lowest BCUT2D eigenvalue weighted by Crippen LogP contribution is -2.30. The SMILES string of the molecule is CC(=O)N1CCc2cc(-c3nc4ccc(N)cn4c3CN3CCc4ccccc4C3)ccc21. The van der Waals surface area contributed by atoms with Crippen molar-refractivity contribution in [2.45, 2.75) is 32.9 Å². The number of carbonyl (C=O) groups is 1. The lowest BCUT2D eigenvalue weighted by Gasteiger charge is -2.28. The highest BCUT2D eigenvalue weighted by Crippen LogP contribution is 2.34. The number of carbonyl (C=O) groups excluding carboxylic acids is 1. The number of rotatable bonds is 3. The van der Waals surface area contributed by atoms with E-state index in [9.17, 15) is 4.79 Å². The molecule has 2 aliphatic rings. The van der Waals surface area contributed by atoms with Crippen molar-refractivity contribution >= 4 is 22.9 Å². The molecule has 1 amide bonds. The Morgan fingerprint density at radius 3 is 2.67 bits per heavy atom. The summed E-state index contributed by atoms with van der Waals surface area (Å²) in [5, 5.41) is 0. The summed E-state index contributed by atoms with van der Waals surface area (Å²) < 4.78 is 2.14. The van der Waals surface area contributed by atoms with Gasteiger partial charge in [0, 0.05) is 56.2 Å². The molecule has 6 rings (SSSR count). The van der Waals surface area contributed by atoms with E-state index in [4.69, 9.17) is 10.7 Å². The van der Waals surface area contributed by atoms with Crippen LogP contribution in [0, 0.1) is 0 Å². The molecule has 2 aromatic heterocycles. The number of nitrogens with two attached hydrogens (primary N) is 1. The fourth-order valence-corrected chi connectivity index (χ4v) is 5.27. The molecule has 6 nitrogen and oxygen atoms in total. The van der Waals surface area contributed by atoms with Gasteiger partial charge in [-0.3, -0.25) is 9.69 Å². The Labute approximate surface area is 193 Å². The quantitative estimate of drug-likeness (QED) is 0.525. The topological polar surface area (TPSA) is 66.9 Å². The lowest BCUT2D eigenvalue weighted by atomic mass is 9.99. The van der Waals surface area contributed by atoms with E-state index in [0.717, 1.165) is 73.0 Å². The molecule has 2 N–H and O–H groups in total. The third-order valence-corrected chi connectivity index (χ3v) is 6.95. The highest BCUT2D eigenvalue weighted by Gasteiger charge is 2.25. The predicted octanol–water partition coefficient (Wildman–Crippen LogP) is 4.05. The number of hydrogen-bond donors (Lipinski definition) is 1. The van der Waals surface area contributed by atoms with Crippen molar-refractivity contribution in [1.29, 1.82) is 0 Å². The predicted molar refractivity (Wildman–Crippen MR) is 131 cm³/mol. The molecule has 166 valence electrons. The van der Waals surface area contributed by atoms with Gasteiger partial charge in [0.1, 0.15) is 5.65 Å². The zero-order chi connectivity index (χ0) is 22.5. The van der Waals surface area contributed by atoms with Crippen LogP contribution in [0.2, 0.25) is 0 Å². The summed E-state index contributed by atoms with van der Waals surface area (Å²) in [6, 6.07) is 19.0. The minimum atomic E-state index is 0.0933. The van der Waals surface area contributed by atoms with Crippen molar-refractivity contribution in [2.24, 2.45) is 0 Å². The largest absolute Gasteiger partial charge is 0.398 e. The first-order chi connectivity index (χ1) is 16.1. The van der Waals surface area contributed by atoms with Crippen LogP contribution in [0.1, 0.15) is 29.3 Å². The van der Waals surface area contributed by atoms with Crippen molar-refractivity contribution in [3.05, 3.63) is 83.2 Å². The molecule has 0 atom stereocenters. The van der Waals surface area contributed by atoms with Crippen molar-refractivity contribution in [1.82, 2.24) is 14.3 Å². The van der Waals surface area contributed by atoms with Crippen LogP contribution in [0.25, 0.3) is 16.9 Å². The highest BCUT2D eigenvalue weighted by atomic mass is 16.2. The molecular weight excluding hydrogens is 410 g/mol. The Morgan fingerprint density at radius 2 is 1.82 bits per heavy atom. The first-order valence-electron chi connectivity index (χ1n) is 11.5. The molecule has 2 aliphatic heterocycles. The van der Waals surface area contributed by atoms with Crippen LogP contribution in [-0.4, -0.2) is 33.3 Å². The number of fused-ring (bicyclic) bond motifs is 3. The summed E-state index contributed by atoms with van der Waals surface area (Å²) in [5.41, 5.74) is 16.1. The van der Waals surface area contributed by atoms with Crippen molar-refractivity contribution in [3.8, 4) is 11.3 Å². The molecule has 0 radical (unpaired) electrons. The smallest absolute Gasteiger partial charge is 0.223 e. The van der Waals surface area contributed by atoms with Crippen LogP contribution in [0.15, 0.2) is 60.8 Å².